The van der Waals surface area contributed by atoms with E-state index in [-0.39, 0.29) is 0 Å². The van der Waals surface area contributed by atoms with Crippen LogP contribution in [0.25, 0.3) is 0 Å². The second-order valence-corrected chi connectivity index (χ2v) is 6.16. The zero-order chi connectivity index (χ0) is 12.1. The maximum absolute atomic E-state index is 6.00. The van der Waals surface area contributed by atoms with Gasteiger partial charge in [0.05, 0.1) is 0 Å². The Morgan fingerprint density at radius 2 is 2.00 bits per heavy atom. The van der Waals surface area contributed by atoms with E-state index < -0.39 is 0 Å². The van der Waals surface area contributed by atoms with Gasteiger partial charge in [0, 0.05) is 16.0 Å². The smallest absolute Gasteiger partial charge is 0.0410 e. The highest BCUT2D eigenvalue weighted by Gasteiger charge is 2.12. The van der Waals surface area contributed by atoms with Gasteiger partial charge in [0.2, 0.25) is 0 Å². The Morgan fingerprint density at radius 3 is 2.76 bits per heavy atom. The average molecular weight is 317 g/mol. The van der Waals surface area contributed by atoms with E-state index >= 15 is 0 Å². The van der Waals surface area contributed by atoms with Crippen LogP contribution in [0.3, 0.4) is 0 Å². The molecule has 2 rings (SSSR count). The summed E-state index contributed by atoms with van der Waals surface area (Å²) in [6.45, 7) is 2.04. The first-order valence-corrected chi connectivity index (χ1v) is 7.57. The van der Waals surface area contributed by atoms with E-state index in [9.17, 15) is 0 Å². The monoisotopic (exact) mass is 315 g/mol. The molecular weight excluding hydrogens is 298 g/mol. The van der Waals surface area contributed by atoms with Gasteiger partial charge in [-0.25, -0.2) is 0 Å². The molecule has 0 radical (unpaired) electrons. The van der Waals surface area contributed by atoms with E-state index in [1.807, 2.05) is 18.2 Å². The molecule has 0 amide bonds. The number of hydrogen-bond donors (Lipinski definition) is 1. The molecule has 1 saturated carbocycles. The summed E-state index contributed by atoms with van der Waals surface area (Å²) in [4.78, 5) is 0. The predicted molar refractivity (Wildman–Crippen MR) is 77.4 cm³/mol. The molecule has 0 aromatic heterocycles. The van der Waals surface area contributed by atoms with Crippen LogP contribution >= 0.6 is 27.5 Å². The standard InChI is InChI=1S/C14H19BrClN/c15-14-7-6-13(16)8-12(14)10-17-9-11-4-2-1-3-5-11/h6-8,11,17H,1-5,9-10H2. The zero-order valence-electron chi connectivity index (χ0n) is 10.0. The van der Waals surface area contributed by atoms with Gasteiger partial charge in [0.15, 0.2) is 0 Å². The van der Waals surface area contributed by atoms with E-state index in [1.54, 1.807) is 0 Å². The fourth-order valence-corrected chi connectivity index (χ4v) is 3.06. The molecule has 94 valence electrons. The van der Waals surface area contributed by atoms with Gasteiger partial charge in [0.1, 0.15) is 0 Å². The second kappa shape index (κ2) is 6.77. The van der Waals surface area contributed by atoms with E-state index in [1.165, 1.54) is 37.7 Å². The summed E-state index contributed by atoms with van der Waals surface area (Å²) in [7, 11) is 0. The Bertz CT molecular complexity index is 361. The van der Waals surface area contributed by atoms with Crippen molar-refractivity contribution >= 4 is 27.5 Å². The summed E-state index contributed by atoms with van der Waals surface area (Å²) in [6, 6.07) is 5.95. The molecule has 1 fully saturated rings. The minimum atomic E-state index is 0.808. The summed E-state index contributed by atoms with van der Waals surface area (Å²) >= 11 is 9.55. The number of hydrogen-bond acceptors (Lipinski definition) is 1. The molecule has 3 heteroatoms. The molecule has 1 aromatic rings. The third kappa shape index (κ3) is 4.27. The van der Waals surface area contributed by atoms with E-state index in [0.29, 0.717) is 0 Å². The molecule has 0 atom stereocenters. The van der Waals surface area contributed by atoms with Crippen molar-refractivity contribution in [3.05, 3.63) is 33.3 Å². The quantitative estimate of drug-likeness (QED) is 0.843. The number of benzene rings is 1. The highest BCUT2D eigenvalue weighted by Crippen LogP contribution is 2.24. The lowest BCUT2D eigenvalue weighted by molar-refractivity contribution is 0.342. The molecule has 1 aliphatic carbocycles. The van der Waals surface area contributed by atoms with Gasteiger partial charge in [-0.1, -0.05) is 46.8 Å². The number of rotatable bonds is 4. The highest BCUT2D eigenvalue weighted by molar-refractivity contribution is 9.10. The molecular formula is C14H19BrClN. The first-order chi connectivity index (χ1) is 8.25. The number of nitrogens with one attached hydrogen (secondary N) is 1. The third-order valence-corrected chi connectivity index (χ3v) is 4.49. The van der Waals surface area contributed by atoms with Crippen LogP contribution in [0.15, 0.2) is 22.7 Å². The maximum Gasteiger partial charge on any atom is 0.0410 e. The van der Waals surface area contributed by atoms with Gasteiger partial charge < -0.3 is 5.32 Å². The minimum Gasteiger partial charge on any atom is -0.312 e. The van der Waals surface area contributed by atoms with Crippen molar-refractivity contribution < 1.29 is 0 Å². The van der Waals surface area contributed by atoms with Crippen LogP contribution in [-0.4, -0.2) is 6.54 Å². The molecule has 0 heterocycles. The van der Waals surface area contributed by atoms with Crippen molar-refractivity contribution in [2.75, 3.05) is 6.54 Å². The molecule has 0 saturated heterocycles. The first-order valence-electron chi connectivity index (χ1n) is 6.40. The molecule has 0 aliphatic heterocycles. The zero-order valence-corrected chi connectivity index (χ0v) is 12.4. The largest absolute Gasteiger partial charge is 0.312 e. The van der Waals surface area contributed by atoms with Gasteiger partial charge in [-0.3, -0.25) is 0 Å². The predicted octanol–water partition coefficient (Wildman–Crippen LogP) is 4.77. The van der Waals surface area contributed by atoms with Gasteiger partial charge in [-0.05, 0) is 49.1 Å². The molecule has 1 N–H and O–H groups in total. The first kappa shape index (κ1) is 13.4. The Hall–Kier alpha value is -0.0500. The molecule has 1 nitrogen and oxygen atoms in total. The summed E-state index contributed by atoms with van der Waals surface area (Å²) in [5.41, 5.74) is 1.24. The normalized spacial score (nSPS) is 17.3. The molecule has 17 heavy (non-hydrogen) atoms. The Balaban J connectivity index is 1.79. The lowest BCUT2D eigenvalue weighted by Crippen LogP contribution is -2.24. The third-order valence-electron chi connectivity index (χ3n) is 3.48. The van der Waals surface area contributed by atoms with Crippen LogP contribution in [0.1, 0.15) is 37.7 Å². The van der Waals surface area contributed by atoms with Crippen molar-refractivity contribution in [1.29, 1.82) is 0 Å². The summed E-state index contributed by atoms with van der Waals surface area (Å²) in [5, 5.41) is 4.36. The van der Waals surface area contributed by atoms with Crippen molar-refractivity contribution in [3.8, 4) is 0 Å². The second-order valence-electron chi connectivity index (χ2n) is 4.87. The lowest BCUT2D eigenvalue weighted by atomic mass is 9.89. The summed E-state index contributed by atoms with van der Waals surface area (Å²) in [6.07, 6.45) is 7.03. The van der Waals surface area contributed by atoms with Gasteiger partial charge in [-0.2, -0.15) is 0 Å². The fraction of sp³-hybridized carbons (Fsp3) is 0.571. The molecule has 0 unspecified atom stereocenters. The molecule has 0 spiro atoms. The SMILES string of the molecule is Clc1ccc(Br)c(CNCC2CCCCC2)c1. The Morgan fingerprint density at radius 1 is 1.24 bits per heavy atom. The number of halogens is 2. The van der Waals surface area contributed by atoms with Crippen LogP contribution in [0.5, 0.6) is 0 Å². The average Bonchev–Trinajstić information content (AvgIpc) is 2.35. The van der Waals surface area contributed by atoms with Gasteiger partial charge >= 0.3 is 0 Å². The fourth-order valence-electron chi connectivity index (χ4n) is 2.48. The van der Waals surface area contributed by atoms with Crippen molar-refractivity contribution in [3.63, 3.8) is 0 Å². The highest BCUT2D eigenvalue weighted by atomic mass is 79.9. The van der Waals surface area contributed by atoms with Crippen molar-refractivity contribution in [1.82, 2.24) is 5.32 Å². The maximum atomic E-state index is 6.00. The van der Waals surface area contributed by atoms with Crippen LogP contribution in [0.4, 0.5) is 0 Å². The summed E-state index contributed by atoms with van der Waals surface area (Å²) in [5.74, 6) is 0.877. The lowest BCUT2D eigenvalue weighted by Gasteiger charge is -2.22. The van der Waals surface area contributed by atoms with Crippen LogP contribution in [0.2, 0.25) is 5.02 Å². The van der Waals surface area contributed by atoms with Gasteiger partial charge in [-0.15, -0.1) is 0 Å². The van der Waals surface area contributed by atoms with Gasteiger partial charge in [0.25, 0.3) is 0 Å². The van der Waals surface area contributed by atoms with Crippen LogP contribution < -0.4 is 5.32 Å². The Kier molecular flexibility index (Phi) is 5.33. The van der Waals surface area contributed by atoms with Crippen LogP contribution in [0, 0.1) is 5.92 Å². The van der Waals surface area contributed by atoms with Crippen molar-refractivity contribution in [2.24, 2.45) is 5.92 Å². The Labute approximate surface area is 117 Å². The minimum absolute atomic E-state index is 0.808. The molecule has 1 aliphatic rings. The van der Waals surface area contributed by atoms with E-state index in [0.717, 1.165) is 28.5 Å². The van der Waals surface area contributed by atoms with E-state index in [2.05, 4.69) is 21.2 Å². The summed E-state index contributed by atoms with van der Waals surface area (Å²) < 4.78 is 1.14. The van der Waals surface area contributed by atoms with Crippen molar-refractivity contribution in [2.45, 2.75) is 38.6 Å². The van der Waals surface area contributed by atoms with Crippen LogP contribution in [-0.2, 0) is 6.54 Å². The molecule has 1 aromatic carbocycles. The topological polar surface area (TPSA) is 12.0 Å². The molecule has 0 bridgehead atoms. The van der Waals surface area contributed by atoms with E-state index in [4.69, 9.17) is 11.6 Å².